The average molecular weight is 322 g/mol. The maximum Gasteiger partial charge on any atom is 1.00 e. The van der Waals surface area contributed by atoms with Gasteiger partial charge < -0.3 is 11.3 Å². The number of ether oxygens (including phenoxy) is 1. The Balaban J connectivity index is -0.00000220. The van der Waals surface area contributed by atoms with Crippen molar-refractivity contribution in [1.29, 1.82) is 0 Å². The minimum Gasteiger partial charge on any atom is -1.00 e. The molecule has 0 aliphatic carbocycles. The van der Waals surface area contributed by atoms with E-state index in [9.17, 15) is 4.79 Å². The molecule has 3 nitrogen and oxygen atoms in total. The molecule has 0 amide bonds. The van der Waals surface area contributed by atoms with Crippen molar-refractivity contribution in [1.82, 2.24) is 0 Å². The standard InChI is InChI=1S/C19H38O3.Li.H/c1-3-4-5-6-7-8-9-10-11-12-13-14-15-16-17-22-19(21)18(2)20;;/h18,20H,3-17H2,1-2H3;;/q;+1;-1. The van der Waals surface area contributed by atoms with Gasteiger partial charge in [0.05, 0.1) is 6.61 Å². The largest absolute Gasteiger partial charge is 1.00 e. The van der Waals surface area contributed by atoms with Gasteiger partial charge in [-0.05, 0) is 13.3 Å². The predicted molar refractivity (Wildman–Crippen MR) is 94.1 cm³/mol. The van der Waals surface area contributed by atoms with Crippen molar-refractivity contribution in [2.24, 2.45) is 0 Å². The van der Waals surface area contributed by atoms with Gasteiger partial charge >= 0.3 is 24.8 Å². The van der Waals surface area contributed by atoms with Gasteiger partial charge in [0.15, 0.2) is 0 Å². The molecule has 1 atom stereocenters. The van der Waals surface area contributed by atoms with E-state index in [1.807, 2.05) is 0 Å². The molecular weight excluding hydrogens is 283 g/mol. The van der Waals surface area contributed by atoms with Crippen molar-refractivity contribution < 1.29 is 34.9 Å². The second-order valence-electron chi connectivity index (χ2n) is 6.44. The third-order valence-corrected chi connectivity index (χ3v) is 4.08. The van der Waals surface area contributed by atoms with Crippen LogP contribution >= 0.6 is 0 Å². The van der Waals surface area contributed by atoms with Crippen molar-refractivity contribution in [2.45, 2.75) is 110 Å². The van der Waals surface area contributed by atoms with Crippen LogP contribution in [0, 0.1) is 0 Å². The monoisotopic (exact) mass is 322 g/mol. The van der Waals surface area contributed by atoms with Crippen molar-refractivity contribution in [3.05, 3.63) is 0 Å². The first-order valence-electron chi connectivity index (χ1n) is 9.53. The molecule has 1 unspecified atom stereocenters. The number of carbonyl (C=O) groups excluding carboxylic acids is 1. The fraction of sp³-hybridized carbons (Fsp3) is 0.947. The summed E-state index contributed by atoms with van der Waals surface area (Å²) in [5.41, 5.74) is 0. The van der Waals surface area contributed by atoms with E-state index in [1.165, 1.54) is 84.0 Å². The van der Waals surface area contributed by atoms with Gasteiger partial charge in [0.1, 0.15) is 6.10 Å². The van der Waals surface area contributed by atoms with E-state index < -0.39 is 12.1 Å². The maximum absolute atomic E-state index is 11.0. The van der Waals surface area contributed by atoms with E-state index in [0.717, 1.165) is 12.8 Å². The molecular formula is C19H39LiO3. The Morgan fingerprint density at radius 2 is 1.17 bits per heavy atom. The third-order valence-electron chi connectivity index (χ3n) is 4.08. The van der Waals surface area contributed by atoms with Gasteiger partial charge in [0, 0.05) is 0 Å². The molecule has 0 aromatic rings. The van der Waals surface area contributed by atoms with Crippen LogP contribution in [0.25, 0.3) is 0 Å². The molecule has 0 saturated heterocycles. The van der Waals surface area contributed by atoms with Crippen LogP contribution in [0.1, 0.15) is 105 Å². The molecule has 0 aliphatic rings. The summed E-state index contributed by atoms with van der Waals surface area (Å²) in [6, 6.07) is 0. The van der Waals surface area contributed by atoms with Crippen molar-refractivity contribution in [2.75, 3.05) is 6.61 Å². The quantitative estimate of drug-likeness (QED) is 0.270. The summed E-state index contributed by atoms with van der Waals surface area (Å²) in [6.07, 6.45) is 17.5. The zero-order valence-electron chi connectivity index (χ0n) is 16.9. The van der Waals surface area contributed by atoms with Crippen molar-refractivity contribution in [3.63, 3.8) is 0 Å². The van der Waals surface area contributed by atoms with E-state index >= 15 is 0 Å². The van der Waals surface area contributed by atoms with Crippen LogP contribution in [-0.4, -0.2) is 23.8 Å². The van der Waals surface area contributed by atoms with Crippen LogP contribution in [-0.2, 0) is 9.53 Å². The zero-order chi connectivity index (χ0) is 16.5. The van der Waals surface area contributed by atoms with Gasteiger partial charge in [-0.1, -0.05) is 90.4 Å². The molecule has 4 heteroatoms. The second kappa shape index (κ2) is 20.1. The van der Waals surface area contributed by atoms with Crippen molar-refractivity contribution >= 4 is 5.97 Å². The summed E-state index contributed by atoms with van der Waals surface area (Å²) in [5.74, 6) is -0.505. The minimum atomic E-state index is -0.994. The van der Waals surface area contributed by atoms with E-state index in [0.29, 0.717) is 6.61 Å². The number of hydrogen-bond donors (Lipinski definition) is 1. The first kappa shape index (κ1) is 25.3. The van der Waals surface area contributed by atoms with E-state index in [4.69, 9.17) is 9.84 Å². The summed E-state index contributed by atoms with van der Waals surface area (Å²) in [7, 11) is 0. The topological polar surface area (TPSA) is 46.5 Å². The smallest absolute Gasteiger partial charge is 1.00 e. The number of esters is 1. The number of aliphatic hydroxyl groups excluding tert-OH is 1. The third kappa shape index (κ3) is 20.0. The summed E-state index contributed by atoms with van der Waals surface area (Å²) in [6.45, 7) is 4.15. The van der Waals surface area contributed by atoms with Crippen LogP contribution in [0.15, 0.2) is 0 Å². The van der Waals surface area contributed by atoms with Gasteiger partial charge in [0.25, 0.3) is 0 Å². The number of rotatable bonds is 16. The molecule has 0 saturated carbocycles. The van der Waals surface area contributed by atoms with Gasteiger partial charge in [0.2, 0.25) is 0 Å². The maximum atomic E-state index is 11.0. The van der Waals surface area contributed by atoms with Gasteiger partial charge in [-0.25, -0.2) is 4.79 Å². The van der Waals surface area contributed by atoms with Gasteiger partial charge in [-0.2, -0.15) is 0 Å². The van der Waals surface area contributed by atoms with E-state index in [-0.39, 0.29) is 20.3 Å². The Kier molecular flexibility index (Phi) is 22.1. The van der Waals surface area contributed by atoms with Crippen LogP contribution in [0.4, 0.5) is 0 Å². The normalized spacial score (nSPS) is 11.8. The molecule has 0 radical (unpaired) electrons. The number of unbranched alkanes of at least 4 members (excludes halogenated alkanes) is 13. The van der Waals surface area contributed by atoms with Crippen LogP contribution in [0.5, 0.6) is 0 Å². The van der Waals surface area contributed by atoms with Crippen molar-refractivity contribution in [3.8, 4) is 0 Å². The summed E-state index contributed by atoms with van der Waals surface area (Å²) in [4.78, 5) is 11.0. The molecule has 0 spiro atoms. The summed E-state index contributed by atoms with van der Waals surface area (Å²) >= 11 is 0. The molecule has 23 heavy (non-hydrogen) atoms. The first-order valence-corrected chi connectivity index (χ1v) is 9.53. The Bertz CT molecular complexity index is 251. The molecule has 0 aromatic carbocycles. The molecule has 0 rings (SSSR count). The van der Waals surface area contributed by atoms with Gasteiger partial charge in [-0.3, -0.25) is 0 Å². The predicted octanol–water partition coefficient (Wildman–Crippen LogP) is 2.51. The fourth-order valence-electron chi connectivity index (χ4n) is 2.59. The molecule has 134 valence electrons. The fourth-order valence-corrected chi connectivity index (χ4v) is 2.59. The molecule has 0 aliphatic heterocycles. The Labute approximate surface area is 157 Å². The average Bonchev–Trinajstić information content (AvgIpc) is 2.50. The number of carbonyl (C=O) groups is 1. The van der Waals surface area contributed by atoms with Gasteiger partial charge in [-0.15, -0.1) is 0 Å². The van der Waals surface area contributed by atoms with E-state index in [1.54, 1.807) is 0 Å². The van der Waals surface area contributed by atoms with Crippen LogP contribution in [0.2, 0.25) is 0 Å². The molecule has 0 bridgehead atoms. The van der Waals surface area contributed by atoms with Crippen LogP contribution in [0.3, 0.4) is 0 Å². The SMILES string of the molecule is CCCCCCCCCCCCCCCCOC(=O)C(C)O.[H-].[Li+]. The molecule has 0 heterocycles. The Hall–Kier alpha value is 0.0274. The molecule has 0 fully saturated rings. The van der Waals surface area contributed by atoms with E-state index in [2.05, 4.69) is 6.92 Å². The van der Waals surface area contributed by atoms with Crippen LogP contribution < -0.4 is 18.9 Å². The summed E-state index contributed by atoms with van der Waals surface area (Å²) in [5, 5.41) is 8.96. The minimum absolute atomic E-state index is 0. The Morgan fingerprint density at radius 1 is 0.826 bits per heavy atom. The first-order chi connectivity index (χ1) is 10.7. The Morgan fingerprint density at radius 3 is 1.52 bits per heavy atom. The second-order valence-corrected chi connectivity index (χ2v) is 6.44. The number of aliphatic hydroxyl groups is 1. The molecule has 0 aromatic heterocycles. The molecule has 1 N–H and O–H groups in total. The zero-order valence-corrected chi connectivity index (χ0v) is 15.9. The summed E-state index contributed by atoms with van der Waals surface area (Å²) < 4.78 is 4.92. The number of hydrogen-bond acceptors (Lipinski definition) is 3.